The van der Waals surface area contributed by atoms with E-state index in [1.807, 2.05) is 6.92 Å². The number of nitrogens with zero attached hydrogens (tertiary/aromatic N) is 2. The predicted molar refractivity (Wildman–Crippen MR) is 68.1 cm³/mol. The van der Waals surface area contributed by atoms with Crippen LogP contribution in [0, 0.1) is 5.82 Å². The molecule has 2 aromatic rings. The van der Waals surface area contributed by atoms with Gasteiger partial charge in [0, 0.05) is 12.1 Å². The first kappa shape index (κ1) is 12.3. The lowest BCUT2D eigenvalue weighted by atomic mass is 10.1. The van der Waals surface area contributed by atoms with Crippen LogP contribution in [0.3, 0.4) is 0 Å². The van der Waals surface area contributed by atoms with Gasteiger partial charge in [-0.15, -0.1) is 10.2 Å². The van der Waals surface area contributed by atoms with E-state index in [0.717, 1.165) is 6.54 Å². The van der Waals surface area contributed by atoms with E-state index in [1.165, 1.54) is 7.11 Å². The molecule has 2 rings (SSSR count). The first-order chi connectivity index (χ1) is 8.76. The maximum absolute atomic E-state index is 14.0. The summed E-state index contributed by atoms with van der Waals surface area (Å²) in [5, 5.41) is 11.0. The minimum Gasteiger partial charge on any atom is -0.494 e. The number of methoxy groups -OCH3 is 1. The minimum atomic E-state index is -0.425. The second kappa shape index (κ2) is 5.44. The van der Waals surface area contributed by atoms with Gasteiger partial charge in [-0.05, 0) is 31.2 Å². The van der Waals surface area contributed by atoms with Crippen molar-refractivity contribution in [1.82, 2.24) is 10.2 Å². The van der Waals surface area contributed by atoms with E-state index in [2.05, 4.69) is 15.5 Å². The maximum atomic E-state index is 14.0. The summed E-state index contributed by atoms with van der Waals surface area (Å²) in [6, 6.07) is 8.43. The average molecular weight is 247 g/mol. The summed E-state index contributed by atoms with van der Waals surface area (Å²) >= 11 is 0. The quantitative estimate of drug-likeness (QED) is 0.902. The van der Waals surface area contributed by atoms with Gasteiger partial charge in [-0.2, -0.15) is 0 Å². The molecule has 0 fully saturated rings. The molecule has 0 aliphatic carbocycles. The summed E-state index contributed by atoms with van der Waals surface area (Å²) in [5.74, 6) is 0.445. The Balaban J connectivity index is 2.36. The lowest BCUT2D eigenvalue weighted by Gasteiger charge is -2.07. The van der Waals surface area contributed by atoms with Crippen LogP contribution in [0.1, 0.15) is 6.92 Å². The van der Waals surface area contributed by atoms with Crippen molar-refractivity contribution in [2.24, 2.45) is 0 Å². The van der Waals surface area contributed by atoms with E-state index in [-0.39, 0.29) is 5.75 Å². The molecule has 1 aromatic carbocycles. The van der Waals surface area contributed by atoms with Crippen molar-refractivity contribution < 1.29 is 9.13 Å². The van der Waals surface area contributed by atoms with E-state index in [9.17, 15) is 4.39 Å². The lowest BCUT2D eigenvalue weighted by Crippen LogP contribution is -2.01. The standard InChI is InChI=1S/C13H14FN3O/c1-3-15-12-8-7-10(16-17-12)9-5-4-6-11(18-2)13(9)14/h4-8H,3H2,1-2H3,(H,15,17). The molecule has 0 radical (unpaired) electrons. The van der Waals surface area contributed by atoms with Crippen molar-refractivity contribution >= 4 is 5.82 Å². The molecule has 94 valence electrons. The lowest BCUT2D eigenvalue weighted by molar-refractivity contribution is 0.387. The molecular weight excluding hydrogens is 233 g/mol. The zero-order valence-corrected chi connectivity index (χ0v) is 10.3. The summed E-state index contributed by atoms with van der Waals surface area (Å²) in [5.41, 5.74) is 0.859. The SMILES string of the molecule is CCNc1ccc(-c2cccc(OC)c2F)nn1. The molecular formula is C13H14FN3O. The van der Waals surface area contributed by atoms with Crippen molar-refractivity contribution in [1.29, 1.82) is 0 Å². The molecule has 0 saturated carbocycles. The Kier molecular flexibility index (Phi) is 3.72. The van der Waals surface area contributed by atoms with Gasteiger partial charge in [-0.25, -0.2) is 4.39 Å². The van der Waals surface area contributed by atoms with Crippen LogP contribution in [-0.4, -0.2) is 23.9 Å². The van der Waals surface area contributed by atoms with Crippen LogP contribution >= 0.6 is 0 Å². The number of nitrogens with one attached hydrogen (secondary N) is 1. The van der Waals surface area contributed by atoms with Crippen molar-refractivity contribution in [2.45, 2.75) is 6.92 Å². The molecule has 5 heteroatoms. The Hall–Kier alpha value is -2.17. The Morgan fingerprint density at radius 3 is 2.67 bits per heavy atom. The molecule has 0 amide bonds. The van der Waals surface area contributed by atoms with E-state index in [4.69, 9.17) is 4.74 Å². The normalized spacial score (nSPS) is 10.2. The van der Waals surface area contributed by atoms with Crippen LogP contribution in [0.2, 0.25) is 0 Å². The Bertz CT molecular complexity index is 528. The fraction of sp³-hybridized carbons (Fsp3) is 0.231. The summed E-state index contributed by atoms with van der Waals surface area (Å²) in [6.45, 7) is 2.73. The maximum Gasteiger partial charge on any atom is 0.174 e. The number of rotatable bonds is 4. The molecule has 0 unspecified atom stereocenters. The molecule has 0 bridgehead atoms. The number of halogens is 1. The van der Waals surface area contributed by atoms with Crippen LogP contribution in [0.5, 0.6) is 5.75 Å². The summed E-state index contributed by atoms with van der Waals surface area (Å²) in [7, 11) is 1.43. The van der Waals surface area contributed by atoms with Gasteiger partial charge in [-0.1, -0.05) is 6.07 Å². The summed E-state index contributed by atoms with van der Waals surface area (Å²) in [6.07, 6.45) is 0. The second-order valence-corrected chi connectivity index (χ2v) is 3.66. The van der Waals surface area contributed by atoms with Gasteiger partial charge >= 0.3 is 0 Å². The highest BCUT2D eigenvalue weighted by Crippen LogP contribution is 2.27. The molecule has 1 heterocycles. The molecule has 0 atom stereocenters. The number of ether oxygens (including phenoxy) is 1. The average Bonchev–Trinajstić information content (AvgIpc) is 2.41. The van der Waals surface area contributed by atoms with Crippen molar-refractivity contribution in [2.75, 3.05) is 19.0 Å². The molecule has 18 heavy (non-hydrogen) atoms. The monoisotopic (exact) mass is 247 g/mol. The van der Waals surface area contributed by atoms with E-state index < -0.39 is 5.82 Å². The van der Waals surface area contributed by atoms with E-state index >= 15 is 0 Å². The third kappa shape index (κ3) is 2.40. The third-order valence-corrected chi connectivity index (χ3v) is 2.48. The van der Waals surface area contributed by atoms with Crippen LogP contribution < -0.4 is 10.1 Å². The van der Waals surface area contributed by atoms with Gasteiger partial charge < -0.3 is 10.1 Å². The van der Waals surface area contributed by atoms with Crippen LogP contribution in [0.4, 0.5) is 10.2 Å². The van der Waals surface area contributed by atoms with E-state index in [1.54, 1.807) is 30.3 Å². The molecule has 0 aliphatic heterocycles. The molecule has 0 aliphatic rings. The van der Waals surface area contributed by atoms with Gasteiger partial charge in [-0.3, -0.25) is 0 Å². The smallest absolute Gasteiger partial charge is 0.174 e. The number of aromatic nitrogens is 2. The van der Waals surface area contributed by atoms with Crippen LogP contribution in [0.25, 0.3) is 11.3 Å². The Morgan fingerprint density at radius 1 is 1.22 bits per heavy atom. The van der Waals surface area contributed by atoms with Gasteiger partial charge in [0.1, 0.15) is 5.82 Å². The molecule has 0 spiro atoms. The zero-order valence-electron chi connectivity index (χ0n) is 10.3. The Labute approximate surface area is 105 Å². The second-order valence-electron chi connectivity index (χ2n) is 3.66. The fourth-order valence-corrected chi connectivity index (χ4v) is 1.62. The zero-order chi connectivity index (χ0) is 13.0. The molecule has 1 aromatic heterocycles. The highest BCUT2D eigenvalue weighted by Gasteiger charge is 2.11. The molecule has 4 nitrogen and oxygen atoms in total. The molecule has 0 saturated heterocycles. The van der Waals surface area contributed by atoms with Crippen molar-refractivity contribution in [3.05, 3.63) is 36.1 Å². The van der Waals surface area contributed by atoms with Crippen LogP contribution in [-0.2, 0) is 0 Å². The molecule has 1 N–H and O–H groups in total. The first-order valence-corrected chi connectivity index (χ1v) is 5.66. The largest absolute Gasteiger partial charge is 0.494 e. The summed E-state index contributed by atoms with van der Waals surface area (Å²) < 4.78 is 18.9. The highest BCUT2D eigenvalue weighted by molar-refractivity contribution is 5.62. The fourth-order valence-electron chi connectivity index (χ4n) is 1.62. The summed E-state index contributed by atoms with van der Waals surface area (Å²) in [4.78, 5) is 0. The topological polar surface area (TPSA) is 47.0 Å². The first-order valence-electron chi connectivity index (χ1n) is 5.66. The van der Waals surface area contributed by atoms with E-state index in [0.29, 0.717) is 17.1 Å². The number of hydrogen-bond donors (Lipinski definition) is 1. The van der Waals surface area contributed by atoms with Gasteiger partial charge in [0.25, 0.3) is 0 Å². The number of hydrogen-bond acceptors (Lipinski definition) is 4. The van der Waals surface area contributed by atoms with Crippen molar-refractivity contribution in [3.8, 4) is 17.0 Å². The number of anilines is 1. The van der Waals surface area contributed by atoms with Gasteiger partial charge in [0.2, 0.25) is 0 Å². The van der Waals surface area contributed by atoms with Crippen LogP contribution in [0.15, 0.2) is 30.3 Å². The third-order valence-electron chi connectivity index (χ3n) is 2.48. The number of benzene rings is 1. The van der Waals surface area contributed by atoms with Gasteiger partial charge in [0.05, 0.1) is 12.8 Å². The predicted octanol–water partition coefficient (Wildman–Crippen LogP) is 2.72. The van der Waals surface area contributed by atoms with Crippen molar-refractivity contribution in [3.63, 3.8) is 0 Å². The highest BCUT2D eigenvalue weighted by atomic mass is 19.1. The van der Waals surface area contributed by atoms with Gasteiger partial charge in [0.15, 0.2) is 11.6 Å². The minimum absolute atomic E-state index is 0.199. The Morgan fingerprint density at radius 2 is 2.06 bits per heavy atom.